The highest BCUT2D eigenvalue weighted by Gasteiger charge is 2.34. The summed E-state index contributed by atoms with van der Waals surface area (Å²) in [5.74, 6) is 1.91. The van der Waals surface area contributed by atoms with Crippen molar-refractivity contribution in [3.05, 3.63) is 12.2 Å². The summed E-state index contributed by atoms with van der Waals surface area (Å²) in [5, 5.41) is 15.5. The van der Waals surface area contributed by atoms with Crippen LogP contribution < -0.4 is 10.6 Å². The van der Waals surface area contributed by atoms with Crippen LogP contribution in [0, 0.1) is 5.92 Å². The quantitative estimate of drug-likeness (QED) is 0.827. The van der Waals surface area contributed by atoms with Crippen LogP contribution in [0.25, 0.3) is 0 Å². The largest absolute Gasteiger partial charge is 0.321 e. The molecule has 3 rings (SSSR count). The Kier molecular flexibility index (Phi) is 4.13. The van der Waals surface area contributed by atoms with Gasteiger partial charge in [-0.1, -0.05) is 6.42 Å². The summed E-state index contributed by atoms with van der Waals surface area (Å²) >= 11 is 0. The molecule has 0 bridgehead atoms. The minimum Gasteiger partial charge on any atom is -0.321 e. The average Bonchev–Trinajstić information content (AvgIpc) is 3.11. The molecular formula is C14H25N5. The van der Waals surface area contributed by atoms with E-state index in [1.54, 1.807) is 6.33 Å². The molecule has 1 saturated carbocycles. The molecule has 2 fully saturated rings. The van der Waals surface area contributed by atoms with E-state index in [0.717, 1.165) is 30.7 Å². The lowest BCUT2D eigenvalue weighted by atomic mass is 9.93. The van der Waals surface area contributed by atoms with Crippen molar-refractivity contribution in [3.8, 4) is 0 Å². The fraction of sp³-hybridized carbons (Fsp3) is 0.857. The van der Waals surface area contributed by atoms with Gasteiger partial charge in [-0.15, -0.1) is 10.2 Å². The first-order valence-electron chi connectivity index (χ1n) is 7.64. The zero-order valence-electron chi connectivity index (χ0n) is 11.8. The third-order valence-corrected chi connectivity index (χ3v) is 4.74. The Morgan fingerprint density at radius 2 is 2.32 bits per heavy atom. The lowest BCUT2D eigenvalue weighted by Crippen LogP contribution is -2.42. The van der Waals surface area contributed by atoms with Crippen molar-refractivity contribution in [2.75, 3.05) is 13.1 Å². The van der Waals surface area contributed by atoms with Crippen molar-refractivity contribution in [1.82, 2.24) is 25.4 Å². The Morgan fingerprint density at radius 1 is 1.37 bits per heavy atom. The number of aromatic nitrogens is 3. The van der Waals surface area contributed by atoms with Gasteiger partial charge in [-0.2, -0.15) is 0 Å². The zero-order chi connectivity index (χ0) is 13.1. The van der Waals surface area contributed by atoms with Crippen molar-refractivity contribution in [3.63, 3.8) is 0 Å². The van der Waals surface area contributed by atoms with E-state index in [0.29, 0.717) is 6.04 Å². The van der Waals surface area contributed by atoms with E-state index in [1.165, 1.54) is 38.6 Å². The first-order valence-corrected chi connectivity index (χ1v) is 7.64. The summed E-state index contributed by atoms with van der Waals surface area (Å²) < 4.78 is 2.01. The Balaban J connectivity index is 1.47. The molecule has 3 atom stereocenters. The maximum atomic E-state index is 4.14. The highest BCUT2D eigenvalue weighted by molar-refractivity contribution is 4.94. The molecule has 106 valence electrons. The topological polar surface area (TPSA) is 54.8 Å². The highest BCUT2D eigenvalue weighted by atomic mass is 15.2. The highest BCUT2D eigenvalue weighted by Crippen LogP contribution is 2.31. The predicted octanol–water partition coefficient (Wildman–Crippen LogP) is 0.868. The van der Waals surface area contributed by atoms with Crippen molar-refractivity contribution >= 4 is 0 Å². The molecule has 3 unspecified atom stereocenters. The van der Waals surface area contributed by atoms with E-state index in [1.807, 2.05) is 11.6 Å². The molecule has 2 aliphatic rings. The molecule has 2 N–H and O–H groups in total. The van der Waals surface area contributed by atoms with Crippen LogP contribution in [0.2, 0.25) is 0 Å². The number of rotatable bonds is 5. The fourth-order valence-corrected chi connectivity index (χ4v) is 3.70. The van der Waals surface area contributed by atoms with E-state index >= 15 is 0 Å². The molecule has 2 heterocycles. The van der Waals surface area contributed by atoms with Crippen molar-refractivity contribution in [1.29, 1.82) is 0 Å². The third-order valence-electron chi connectivity index (χ3n) is 4.74. The normalized spacial score (nSPS) is 31.1. The fourth-order valence-electron chi connectivity index (χ4n) is 3.70. The zero-order valence-corrected chi connectivity index (χ0v) is 11.8. The maximum absolute atomic E-state index is 4.14. The van der Waals surface area contributed by atoms with Crippen molar-refractivity contribution < 1.29 is 0 Å². The molecule has 1 saturated heterocycles. The van der Waals surface area contributed by atoms with Gasteiger partial charge in [0.1, 0.15) is 12.2 Å². The molecule has 1 aromatic rings. The lowest BCUT2D eigenvalue weighted by molar-refractivity contribution is 0.321. The van der Waals surface area contributed by atoms with Crippen molar-refractivity contribution in [2.45, 2.75) is 50.6 Å². The number of nitrogens with zero attached hydrogens (tertiary/aromatic N) is 3. The monoisotopic (exact) mass is 263 g/mol. The molecule has 0 radical (unpaired) electrons. The summed E-state index contributed by atoms with van der Waals surface area (Å²) in [6.45, 7) is 2.23. The number of nitrogens with one attached hydrogen (secondary N) is 2. The second kappa shape index (κ2) is 6.01. The second-order valence-corrected chi connectivity index (χ2v) is 5.97. The van der Waals surface area contributed by atoms with Crippen LogP contribution in [-0.4, -0.2) is 39.9 Å². The molecule has 5 heteroatoms. The van der Waals surface area contributed by atoms with Gasteiger partial charge >= 0.3 is 0 Å². The summed E-state index contributed by atoms with van der Waals surface area (Å²) in [6.07, 6.45) is 9.57. The summed E-state index contributed by atoms with van der Waals surface area (Å²) in [7, 11) is 2.01. The number of hydrogen-bond acceptors (Lipinski definition) is 4. The van der Waals surface area contributed by atoms with Gasteiger partial charge in [-0.25, -0.2) is 0 Å². The molecular weight excluding hydrogens is 238 g/mol. The molecule has 1 aromatic heterocycles. The summed E-state index contributed by atoms with van der Waals surface area (Å²) in [4.78, 5) is 0. The minimum absolute atomic E-state index is 0.698. The molecule has 0 amide bonds. The summed E-state index contributed by atoms with van der Waals surface area (Å²) in [6, 6.07) is 1.46. The van der Waals surface area contributed by atoms with Gasteiger partial charge in [0.15, 0.2) is 0 Å². The predicted molar refractivity (Wildman–Crippen MR) is 74.9 cm³/mol. The Bertz CT molecular complexity index is 396. The van der Waals surface area contributed by atoms with Gasteiger partial charge in [-0.3, -0.25) is 0 Å². The van der Waals surface area contributed by atoms with Gasteiger partial charge in [0.05, 0.1) is 0 Å². The SMILES string of the molecule is Cn1cnnc1CCNC1CCCC1C1CCCN1. The molecule has 1 aliphatic carbocycles. The molecule has 5 nitrogen and oxygen atoms in total. The van der Waals surface area contributed by atoms with Gasteiger partial charge in [-0.05, 0) is 38.1 Å². The first kappa shape index (κ1) is 13.1. The van der Waals surface area contributed by atoms with E-state index in [-0.39, 0.29) is 0 Å². The number of hydrogen-bond donors (Lipinski definition) is 2. The Labute approximate surface area is 115 Å². The average molecular weight is 263 g/mol. The minimum atomic E-state index is 0.698. The smallest absolute Gasteiger partial charge is 0.133 e. The molecule has 0 spiro atoms. The van der Waals surface area contributed by atoms with Crippen LogP contribution in [0.15, 0.2) is 6.33 Å². The summed E-state index contributed by atoms with van der Waals surface area (Å²) in [5.41, 5.74) is 0. The lowest BCUT2D eigenvalue weighted by Gasteiger charge is -2.26. The van der Waals surface area contributed by atoms with Gasteiger partial charge in [0.2, 0.25) is 0 Å². The first-order chi connectivity index (χ1) is 9.34. The number of aryl methyl sites for hydroxylation is 1. The molecule has 19 heavy (non-hydrogen) atoms. The van der Waals surface area contributed by atoms with Crippen LogP contribution in [-0.2, 0) is 13.5 Å². The molecule has 1 aliphatic heterocycles. The van der Waals surface area contributed by atoms with Gasteiger partial charge in [0, 0.05) is 32.1 Å². The van der Waals surface area contributed by atoms with Crippen molar-refractivity contribution in [2.24, 2.45) is 13.0 Å². The molecule has 0 aromatic carbocycles. The Morgan fingerprint density at radius 3 is 3.05 bits per heavy atom. The van der Waals surface area contributed by atoms with Crippen LogP contribution >= 0.6 is 0 Å². The van der Waals surface area contributed by atoms with E-state index in [9.17, 15) is 0 Å². The Hall–Kier alpha value is -0.940. The third kappa shape index (κ3) is 2.98. The van der Waals surface area contributed by atoms with Crippen LogP contribution in [0.3, 0.4) is 0 Å². The van der Waals surface area contributed by atoms with Crippen LogP contribution in [0.5, 0.6) is 0 Å². The van der Waals surface area contributed by atoms with Crippen LogP contribution in [0.4, 0.5) is 0 Å². The maximum Gasteiger partial charge on any atom is 0.133 e. The van der Waals surface area contributed by atoms with E-state index in [4.69, 9.17) is 0 Å². The van der Waals surface area contributed by atoms with Gasteiger partial charge in [0.25, 0.3) is 0 Å². The second-order valence-electron chi connectivity index (χ2n) is 5.97. The standard InChI is InChI=1S/C14H25N5/c1-19-10-17-18-14(19)7-9-16-12-5-2-4-11(12)13-6-3-8-15-13/h10-13,15-16H,2-9H2,1H3. The van der Waals surface area contributed by atoms with E-state index in [2.05, 4.69) is 20.8 Å². The van der Waals surface area contributed by atoms with E-state index < -0.39 is 0 Å². The van der Waals surface area contributed by atoms with Gasteiger partial charge < -0.3 is 15.2 Å². The van der Waals surface area contributed by atoms with Crippen LogP contribution in [0.1, 0.15) is 37.9 Å².